The van der Waals surface area contributed by atoms with Crippen LogP contribution in [-0.4, -0.2) is 11.8 Å². The molecule has 0 saturated carbocycles. The Morgan fingerprint density at radius 3 is 2.80 bits per heavy atom. The van der Waals surface area contributed by atoms with Gasteiger partial charge in [-0.3, -0.25) is 5.32 Å². The lowest BCUT2D eigenvalue weighted by molar-refractivity contribution is 0.494. The summed E-state index contributed by atoms with van der Waals surface area (Å²) >= 11 is 1.73. The average molecular weight is 229 g/mol. The Bertz CT molecular complexity index is 356. The van der Waals surface area contributed by atoms with Crippen molar-refractivity contribution in [1.82, 2.24) is 5.32 Å². The zero-order chi connectivity index (χ0) is 10.8. The minimum atomic E-state index is -0.785. The molecule has 1 heterocycles. The first-order valence-corrected chi connectivity index (χ1v) is 6.04. The van der Waals surface area contributed by atoms with E-state index in [1.807, 2.05) is 0 Å². The molecule has 2 unspecified atom stereocenters. The Kier molecular flexibility index (Phi) is 3.26. The fourth-order valence-electron chi connectivity index (χ4n) is 1.62. The molecule has 1 aromatic rings. The molecule has 0 radical (unpaired) electrons. The second-order valence-corrected chi connectivity index (χ2v) is 4.99. The highest BCUT2D eigenvalue weighted by Gasteiger charge is 2.20. The van der Waals surface area contributed by atoms with Gasteiger partial charge >= 0.3 is 0 Å². The lowest BCUT2D eigenvalue weighted by Gasteiger charge is -2.28. The fourth-order valence-corrected chi connectivity index (χ4v) is 3.01. The second-order valence-electron chi connectivity index (χ2n) is 3.78. The van der Waals surface area contributed by atoms with E-state index in [-0.39, 0.29) is 5.37 Å². The monoisotopic (exact) mass is 229 g/mol. The van der Waals surface area contributed by atoms with Crippen LogP contribution in [0.2, 0.25) is 0 Å². The summed E-state index contributed by atoms with van der Waals surface area (Å²) in [5.74, 6) is -0.501. The molecule has 1 saturated heterocycles. The average Bonchev–Trinajstić information content (AvgIpc) is 2.22. The SMILES string of the molecule is CC1CCSC(c2ccc(F)c(F)c2)N1. The molecule has 4 heteroatoms. The number of nitrogens with one attached hydrogen (secondary N) is 1. The van der Waals surface area contributed by atoms with Gasteiger partial charge < -0.3 is 0 Å². The van der Waals surface area contributed by atoms with Gasteiger partial charge in [0.2, 0.25) is 0 Å². The zero-order valence-electron chi connectivity index (χ0n) is 8.47. The van der Waals surface area contributed by atoms with Crippen LogP contribution >= 0.6 is 11.8 Å². The minimum absolute atomic E-state index is 0.0869. The number of hydrogen-bond donors (Lipinski definition) is 1. The Morgan fingerprint density at radius 2 is 2.13 bits per heavy atom. The van der Waals surface area contributed by atoms with Crippen molar-refractivity contribution in [3.8, 4) is 0 Å². The van der Waals surface area contributed by atoms with Crippen LogP contribution in [0.1, 0.15) is 24.3 Å². The van der Waals surface area contributed by atoms with Crippen LogP contribution in [-0.2, 0) is 0 Å². The molecule has 0 bridgehead atoms. The molecule has 0 amide bonds. The van der Waals surface area contributed by atoms with E-state index >= 15 is 0 Å². The first kappa shape index (κ1) is 10.9. The van der Waals surface area contributed by atoms with Crippen LogP contribution in [0.3, 0.4) is 0 Å². The van der Waals surface area contributed by atoms with Crippen molar-refractivity contribution in [2.75, 3.05) is 5.75 Å². The van der Waals surface area contributed by atoms with Gasteiger partial charge in [0.25, 0.3) is 0 Å². The Balaban J connectivity index is 2.18. The zero-order valence-corrected chi connectivity index (χ0v) is 9.28. The number of benzene rings is 1. The molecular weight excluding hydrogens is 216 g/mol. The van der Waals surface area contributed by atoms with Crippen LogP contribution in [0.25, 0.3) is 0 Å². The lowest BCUT2D eigenvalue weighted by Crippen LogP contribution is -2.33. The number of hydrogen-bond acceptors (Lipinski definition) is 2. The molecule has 1 fully saturated rings. The smallest absolute Gasteiger partial charge is 0.159 e. The summed E-state index contributed by atoms with van der Waals surface area (Å²) < 4.78 is 25.8. The molecule has 0 aliphatic carbocycles. The molecule has 1 nitrogen and oxygen atoms in total. The van der Waals surface area contributed by atoms with E-state index in [2.05, 4.69) is 12.2 Å². The molecule has 1 aliphatic rings. The third-order valence-electron chi connectivity index (χ3n) is 2.52. The Labute approximate surface area is 92.3 Å². The molecule has 0 spiro atoms. The summed E-state index contributed by atoms with van der Waals surface area (Å²) in [4.78, 5) is 0. The Morgan fingerprint density at radius 1 is 1.33 bits per heavy atom. The van der Waals surface area contributed by atoms with E-state index < -0.39 is 11.6 Å². The van der Waals surface area contributed by atoms with E-state index in [9.17, 15) is 8.78 Å². The summed E-state index contributed by atoms with van der Waals surface area (Å²) in [5, 5.41) is 3.44. The molecular formula is C11H13F2NS. The van der Waals surface area contributed by atoms with Crippen LogP contribution in [0.4, 0.5) is 8.78 Å². The minimum Gasteiger partial charge on any atom is -0.299 e. The van der Waals surface area contributed by atoms with Crippen LogP contribution in [0.5, 0.6) is 0 Å². The van der Waals surface area contributed by atoms with Gasteiger partial charge in [-0.2, -0.15) is 0 Å². The molecule has 15 heavy (non-hydrogen) atoms. The summed E-state index contributed by atoms with van der Waals surface area (Å²) in [6, 6.07) is 4.54. The standard InChI is InChI=1S/C11H13F2NS/c1-7-4-5-15-11(14-7)8-2-3-9(12)10(13)6-8/h2-3,6-7,11,14H,4-5H2,1H3. The summed E-state index contributed by atoms with van der Waals surface area (Å²) in [5.41, 5.74) is 0.811. The maximum atomic E-state index is 13.0. The van der Waals surface area contributed by atoms with Gasteiger partial charge in [-0.05, 0) is 36.8 Å². The summed E-state index contributed by atoms with van der Waals surface area (Å²) in [7, 11) is 0. The van der Waals surface area contributed by atoms with Gasteiger partial charge in [0.1, 0.15) is 0 Å². The molecule has 1 N–H and O–H groups in total. The Hall–Kier alpha value is -0.610. The number of halogens is 2. The van der Waals surface area contributed by atoms with E-state index in [1.165, 1.54) is 12.1 Å². The van der Waals surface area contributed by atoms with Gasteiger partial charge in [-0.1, -0.05) is 6.07 Å². The van der Waals surface area contributed by atoms with Crippen LogP contribution < -0.4 is 5.32 Å². The highest BCUT2D eigenvalue weighted by atomic mass is 32.2. The molecule has 82 valence electrons. The summed E-state index contributed by atoms with van der Waals surface area (Å²) in [6.07, 6.45) is 1.12. The molecule has 1 aromatic carbocycles. The fraction of sp³-hybridized carbons (Fsp3) is 0.455. The largest absolute Gasteiger partial charge is 0.299 e. The van der Waals surface area contributed by atoms with Crippen molar-refractivity contribution in [2.24, 2.45) is 0 Å². The van der Waals surface area contributed by atoms with Gasteiger partial charge in [-0.25, -0.2) is 8.78 Å². The van der Waals surface area contributed by atoms with Crippen molar-refractivity contribution in [3.63, 3.8) is 0 Å². The topological polar surface area (TPSA) is 12.0 Å². The first-order chi connectivity index (χ1) is 7.16. The van der Waals surface area contributed by atoms with E-state index in [0.29, 0.717) is 6.04 Å². The van der Waals surface area contributed by atoms with Crippen molar-refractivity contribution in [1.29, 1.82) is 0 Å². The number of thioether (sulfide) groups is 1. The third-order valence-corrected chi connectivity index (χ3v) is 3.73. The predicted molar refractivity (Wildman–Crippen MR) is 58.8 cm³/mol. The predicted octanol–water partition coefficient (Wildman–Crippen LogP) is 3.08. The first-order valence-electron chi connectivity index (χ1n) is 4.99. The summed E-state index contributed by atoms with van der Waals surface area (Å²) in [6.45, 7) is 2.10. The highest BCUT2D eigenvalue weighted by Crippen LogP contribution is 2.31. The van der Waals surface area contributed by atoms with E-state index in [4.69, 9.17) is 0 Å². The third kappa shape index (κ3) is 2.49. The van der Waals surface area contributed by atoms with Crippen molar-refractivity contribution in [3.05, 3.63) is 35.4 Å². The maximum Gasteiger partial charge on any atom is 0.159 e. The number of rotatable bonds is 1. The molecule has 2 rings (SSSR count). The molecule has 2 atom stereocenters. The van der Waals surface area contributed by atoms with Gasteiger partial charge in [0.15, 0.2) is 11.6 Å². The van der Waals surface area contributed by atoms with Gasteiger partial charge in [0.05, 0.1) is 5.37 Å². The van der Waals surface area contributed by atoms with Crippen molar-refractivity contribution < 1.29 is 8.78 Å². The van der Waals surface area contributed by atoms with E-state index in [1.54, 1.807) is 17.8 Å². The normalized spacial score (nSPS) is 26.6. The second kappa shape index (κ2) is 4.49. The van der Waals surface area contributed by atoms with Crippen molar-refractivity contribution >= 4 is 11.8 Å². The maximum absolute atomic E-state index is 13.0. The van der Waals surface area contributed by atoms with Crippen LogP contribution in [0, 0.1) is 11.6 Å². The molecule has 0 aromatic heterocycles. The van der Waals surface area contributed by atoms with Gasteiger partial charge in [0, 0.05) is 6.04 Å². The van der Waals surface area contributed by atoms with E-state index in [0.717, 1.165) is 17.7 Å². The van der Waals surface area contributed by atoms with Crippen molar-refractivity contribution in [2.45, 2.75) is 24.8 Å². The molecule has 1 aliphatic heterocycles. The lowest BCUT2D eigenvalue weighted by atomic mass is 10.2. The quantitative estimate of drug-likeness (QED) is 0.794. The van der Waals surface area contributed by atoms with Gasteiger partial charge in [-0.15, -0.1) is 11.8 Å². The van der Waals surface area contributed by atoms with Crippen LogP contribution in [0.15, 0.2) is 18.2 Å². The highest BCUT2D eigenvalue weighted by molar-refractivity contribution is 7.99.